The molecule has 3 rings (SSSR count). The van der Waals surface area contributed by atoms with Gasteiger partial charge in [-0.25, -0.2) is 9.18 Å². The number of hydrogen-bond acceptors (Lipinski definition) is 7. The lowest BCUT2D eigenvalue weighted by Gasteiger charge is -2.09. The number of thioether (sulfide) groups is 1. The first-order valence-corrected chi connectivity index (χ1v) is 10.1. The molecule has 1 aliphatic rings. The predicted octanol–water partition coefficient (Wildman–Crippen LogP) is 2.71. The number of carbonyl (C=O) groups is 2. The van der Waals surface area contributed by atoms with Gasteiger partial charge in [0, 0.05) is 18.8 Å². The molecular formula is C16H18FN5O3S2. The molecule has 1 atom stereocenters. The molecule has 2 aromatic rings. The van der Waals surface area contributed by atoms with E-state index in [1.165, 1.54) is 36.0 Å². The standard InChI is InChI=1S/C16H18FN5O3S2/c17-10-3-5-11(6-4-10)19-14(24)20-15-21-22-16(27-15)26-9-13(23)18-8-12-2-1-7-25-12/h3-6,12H,1-2,7-9H2,(H,18,23)(H2,19,20,21,24). The minimum atomic E-state index is -0.511. The highest BCUT2D eigenvalue weighted by Crippen LogP contribution is 2.25. The Hall–Kier alpha value is -2.24. The van der Waals surface area contributed by atoms with Crippen LogP contribution in [0.25, 0.3) is 0 Å². The number of rotatable bonds is 7. The molecule has 1 fully saturated rings. The maximum atomic E-state index is 12.8. The molecule has 1 saturated heterocycles. The zero-order valence-corrected chi connectivity index (χ0v) is 15.9. The minimum Gasteiger partial charge on any atom is -0.376 e. The second-order valence-corrected chi connectivity index (χ2v) is 7.89. The van der Waals surface area contributed by atoms with Crippen LogP contribution in [0.15, 0.2) is 28.6 Å². The molecule has 3 N–H and O–H groups in total. The van der Waals surface area contributed by atoms with Gasteiger partial charge in [-0.15, -0.1) is 10.2 Å². The third kappa shape index (κ3) is 6.45. The summed E-state index contributed by atoms with van der Waals surface area (Å²) in [4.78, 5) is 23.7. The third-order valence-corrected chi connectivity index (χ3v) is 5.58. The van der Waals surface area contributed by atoms with Gasteiger partial charge in [-0.05, 0) is 37.1 Å². The van der Waals surface area contributed by atoms with Gasteiger partial charge in [-0.1, -0.05) is 23.1 Å². The van der Waals surface area contributed by atoms with Gasteiger partial charge in [0.2, 0.25) is 11.0 Å². The number of halogens is 1. The fourth-order valence-electron chi connectivity index (χ4n) is 2.32. The lowest BCUT2D eigenvalue weighted by atomic mass is 10.2. The maximum absolute atomic E-state index is 12.8. The lowest BCUT2D eigenvalue weighted by Crippen LogP contribution is -2.32. The number of aromatic nitrogens is 2. The van der Waals surface area contributed by atoms with Crippen molar-refractivity contribution in [2.24, 2.45) is 0 Å². The van der Waals surface area contributed by atoms with Crippen LogP contribution in [0.2, 0.25) is 0 Å². The van der Waals surface area contributed by atoms with Gasteiger partial charge in [-0.3, -0.25) is 10.1 Å². The van der Waals surface area contributed by atoms with E-state index in [1.807, 2.05) is 0 Å². The molecule has 0 spiro atoms. The molecular weight excluding hydrogens is 393 g/mol. The van der Waals surface area contributed by atoms with E-state index in [0.29, 0.717) is 21.7 Å². The summed E-state index contributed by atoms with van der Waals surface area (Å²) in [6, 6.07) is 4.89. The highest BCUT2D eigenvalue weighted by atomic mass is 32.2. The Kier molecular flexibility index (Phi) is 6.96. The van der Waals surface area contributed by atoms with Crippen LogP contribution in [0, 0.1) is 5.82 Å². The molecule has 2 heterocycles. The van der Waals surface area contributed by atoms with Crippen LogP contribution in [-0.2, 0) is 9.53 Å². The van der Waals surface area contributed by atoms with Crippen molar-refractivity contribution in [1.82, 2.24) is 15.5 Å². The molecule has 0 saturated carbocycles. The summed E-state index contributed by atoms with van der Waals surface area (Å²) in [6.07, 6.45) is 2.11. The third-order valence-electron chi connectivity index (χ3n) is 3.61. The van der Waals surface area contributed by atoms with E-state index in [1.54, 1.807) is 0 Å². The number of hydrogen-bond donors (Lipinski definition) is 3. The van der Waals surface area contributed by atoms with E-state index in [2.05, 4.69) is 26.1 Å². The van der Waals surface area contributed by atoms with Crippen LogP contribution >= 0.6 is 23.1 Å². The monoisotopic (exact) mass is 411 g/mol. The highest BCUT2D eigenvalue weighted by Gasteiger charge is 2.16. The summed E-state index contributed by atoms with van der Waals surface area (Å²) in [6.45, 7) is 1.27. The number of carbonyl (C=O) groups excluding carboxylic acids is 2. The molecule has 0 aliphatic carbocycles. The number of urea groups is 1. The van der Waals surface area contributed by atoms with Gasteiger partial charge < -0.3 is 15.4 Å². The van der Waals surface area contributed by atoms with Gasteiger partial charge in [0.1, 0.15) is 5.82 Å². The molecule has 1 aliphatic heterocycles. The van der Waals surface area contributed by atoms with Crippen LogP contribution in [0.4, 0.5) is 20.0 Å². The first kappa shape index (κ1) is 19.5. The van der Waals surface area contributed by atoms with Gasteiger partial charge in [0.05, 0.1) is 11.9 Å². The first-order valence-electron chi connectivity index (χ1n) is 8.26. The van der Waals surface area contributed by atoms with Gasteiger partial charge in [-0.2, -0.15) is 0 Å². The Labute approximate surface area is 163 Å². The Bertz CT molecular complexity index is 781. The zero-order valence-electron chi connectivity index (χ0n) is 14.2. The molecule has 0 bridgehead atoms. The van der Waals surface area contributed by atoms with Crippen molar-refractivity contribution in [1.29, 1.82) is 0 Å². The normalized spacial score (nSPS) is 16.1. The average molecular weight is 411 g/mol. The molecule has 1 aromatic heterocycles. The molecule has 144 valence electrons. The summed E-state index contributed by atoms with van der Waals surface area (Å²) < 4.78 is 18.9. The summed E-state index contributed by atoms with van der Waals surface area (Å²) in [7, 11) is 0. The summed E-state index contributed by atoms with van der Waals surface area (Å²) >= 11 is 2.41. The second kappa shape index (κ2) is 9.62. The quantitative estimate of drug-likeness (QED) is 0.478. The second-order valence-electron chi connectivity index (χ2n) is 5.69. The van der Waals surface area contributed by atoms with E-state index in [9.17, 15) is 14.0 Å². The summed E-state index contributed by atoms with van der Waals surface area (Å²) in [5, 5.41) is 16.0. The van der Waals surface area contributed by atoms with E-state index < -0.39 is 6.03 Å². The van der Waals surface area contributed by atoms with Crippen molar-refractivity contribution < 1.29 is 18.7 Å². The van der Waals surface area contributed by atoms with E-state index >= 15 is 0 Å². The smallest absolute Gasteiger partial charge is 0.325 e. The SMILES string of the molecule is O=C(CSc1nnc(NC(=O)Nc2ccc(F)cc2)s1)NCC1CCCO1. The topological polar surface area (TPSA) is 105 Å². The zero-order chi connectivity index (χ0) is 19.1. The maximum Gasteiger partial charge on any atom is 0.325 e. The number of benzene rings is 1. The fraction of sp³-hybridized carbons (Fsp3) is 0.375. The molecule has 27 heavy (non-hydrogen) atoms. The number of nitrogens with one attached hydrogen (secondary N) is 3. The van der Waals surface area contributed by atoms with Crippen molar-refractivity contribution in [2.75, 3.05) is 29.5 Å². The number of anilines is 2. The van der Waals surface area contributed by atoms with Crippen LogP contribution < -0.4 is 16.0 Å². The van der Waals surface area contributed by atoms with Crippen molar-refractivity contribution >= 4 is 45.9 Å². The van der Waals surface area contributed by atoms with Crippen molar-refractivity contribution in [3.63, 3.8) is 0 Å². The van der Waals surface area contributed by atoms with Gasteiger partial charge in [0.25, 0.3) is 0 Å². The first-order chi connectivity index (χ1) is 13.1. The molecule has 11 heteroatoms. The minimum absolute atomic E-state index is 0.103. The lowest BCUT2D eigenvalue weighted by molar-refractivity contribution is -0.119. The van der Waals surface area contributed by atoms with Crippen molar-refractivity contribution in [3.05, 3.63) is 30.1 Å². The van der Waals surface area contributed by atoms with E-state index in [-0.39, 0.29) is 23.6 Å². The summed E-state index contributed by atoms with van der Waals surface area (Å²) in [5.41, 5.74) is 0.455. The fourth-order valence-corrected chi connectivity index (χ4v) is 3.90. The summed E-state index contributed by atoms with van der Waals surface area (Å²) in [5.74, 6) is -0.274. The molecule has 3 amide bonds. The number of ether oxygens (including phenoxy) is 1. The van der Waals surface area contributed by atoms with Gasteiger partial charge in [0.15, 0.2) is 4.34 Å². The van der Waals surface area contributed by atoms with Crippen LogP contribution in [0.1, 0.15) is 12.8 Å². The predicted molar refractivity (Wildman–Crippen MR) is 102 cm³/mol. The van der Waals surface area contributed by atoms with Crippen molar-refractivity contribution in [3.8, 4) is 0 Å². The van der Waals surface area contributed by atoms with E-state index in [0.717, 1.165) is 30.8 Å². The Morgan fingerprint density at radius 2 is 2.07 bits per heavy atom. The highest BCUT2D eigenvalue weighted by molar-refractivity contribution is 8.01. The number of nitrogens with zero attached hydrogens (tertiary/aromatic N) is 2. The van der Waals surface area contributed by atoms with Crippen LogP contribution in [0.3, 0.4) is 0 Å². The molecule has 0 radical (unpaired) electrons. The van der Waals surface area contributed by atoms with Crippen LogP contribution in [0.5, 0.6) is 0 Å². The molecule has 1 aromatic carbocycles. The largest absolute Gasteiger partial charge is 0.376 e. The van der Waals surface area contributed by atoms with E-state index in [4.69, 9.17) is 4.74 Å². The molecule has 1 unspecified atom stereocenters. The Morgan fingerprint density at radius 3 is 2.81 bits per heavy atom. The van der Waals surface area contributed by atoms with Gasteiger partial charge >= 0.3 is 6.03 Å². The van der Waals surface area contributed by atoms with Crippen molar-refractivity contribution in [2.45, 2.75) is 23.3 Å². The Balaban J connectivity index is 1.39. The number of amides is 3. The molecule has 8 nitrogen and oxygen atoms in total. The van der Waals surface area contributed by atoms with Crippen LogP contribution in [-0.4, -0.2) is 47.1 Å². The Morgan fingerprint density at radius 1 is 1.26 bits per heavy atom. The average Bonchev–Trinajstić information content (AvgIpc) is 3.32.